The van der Waals surface area contributed by atoms with Crippen LogP contribution in [0.4, 0.5) is 0 Å². The van der Waals surface area contributed by atoms with Gasteiger partial charge in [-0.25, -0.2) is 0 Å². The van der Waals surface area contributed by atoms with E-state index in [0.717, 1.165) is 33.1 Å². The van der Waals surface area contributed by atoms with Gasteiger partial charge in [-0.15, -0.1) is 0 Å². The molecule has 116 valence electrons. The Labute approximate surface area is 146 Å². The van der Waals surface area contributed by atoms with Gasteiger partial charge in [-0.1, -0.05) is 40.2 Å². The van der Waals surface area contributed by atoms with Crippen LogP contribution in [0.1, 0.15) is 11.1 Å². The fourth-order valence-corrected chi connectivity index (χ4v) is 3.00. The molecular weight excluding hydrogens is 376 g/mol. The summed E-state index contributed by atoms with van der Waals surface area (Å²) in [6, 6.07) is 15.5. The van der Waals surface area contributed by atoms with Crippen LogP contribution in [0.5, 0.6) is 5.75 Å². The molecule has 2 aromatic rings. The Morgan fingerprint density at radius 3 is 2.70 bits per heavy atom. The van der Waals surface area contributed by atoms with Crippen LogP contribution < -0.4 is 10.1 Å². The van der Waals surface area contributed by atoms with Crippen LogP contribution >= 0.6 is 27.7 Å². The number of nitrogens with one attached hydrogen (secondary N) is 2. The third kappa shape index (κ3) is 4.24. The molecule has 1 fully saturated rings. The zero-order valence-electron chi connectivity index (χ0n) is 12.0. The van der Waals surface area contributed by atoms with Crippen molar-refractivity contribution >= 4 is 44.8 Å². The molecule has 6 heteroatoms. The van der Waals surface area contributed by atoms with Crippen LogP contribution in [0.3, 0.4) is 0 Å². The largest absolute Gasteiger partial charge is 0.489 e. The van der Waals surface area contributed by atoms with Crippen molar-refractivity contribution in [2.75, 3.05) is 0 Å². The Morgan fingerprint density at radius 2 is 2.00 bits per heavy atom. The topological polar surface area (TPSA) is 62.2 Å². The second-order valence-corrected chi connectivity index (χ2v) is 6.85. The Morgan fingerprint density at radius 1 is 1.22 bits per heavy atom. The number of carbonyl (C=O) groups is 1. The summed E-state index contributed by atoms with van der Waals surface area (Å²) >= 11 is 4.53. The Hall–Kier alpha value is -2.05. The molecule has 1 heterocycles. The lowest BCUT2D eigenvalue weighted by atomic mass is 10.2. The number of hydrogen-bond donors (Lipinski definition) is 2. The number of amides is 1. The number of carbonyl (C=O) groups excluding carboxylic acids is 1. The van der Waals surface area contributed by atoms with Crippen molar-refractivity contribution in [1.82, 2.24) is 5.32 Å². The minimum atomic E-state index is -0.235. The van der Waals surface area contributed by atoms with Crippen LogP contribution in [0, 0.1) is 5.41 Å². The van der Waals surface area contributed by atoms with E-state index in [4.69, 9.17) is 10.1 Å². The van der Waals surface area contributed by atoms with Gasteiger partial charge < -0.3 is 10.1 Å². The average molecular weight is 389 g/mol. The third-order valence-electron chi connectivity index (χ3n) is 3.14. The van der Waals surface area contributed by atoms with E-state index >= 15 is 0 Å². The number of amidine groups is 1. The first-order chi connectivity index (χ1) is 11.1. The first-order valence-electron chi connectivity index (χ1n) is 6.87. The van der Waals surface area contributed by atoms with E-state index < -0.39 is 0 Å². The standard InChI is InChI=1S/C17H13BrN2O2S/c18-13-6-4-11(5-7-13)10-22-14-3-1-2-12(8-14)9-15-16(21)20-17(19)23-15/h1-9H,10H2,(H2,19,20,21). The molecule has 0 atom stereocenters. The molecule has 0 aliphatic carbocycles. The van der Waals surface area contributed by atoms with E-state index in [2.05, 4.69) is 21.2 Å². The highest BCUT2D eigenvalue weighted by atomic mass is 79.9. The predicted octanol–water partition coefficient (Wildman–Crippen LogP) is 4.17. The van der Waals surface area contributed by atoms with Crippen molar-refractivity contribution in [3.8, 4) is 5.75 Å². The lowest BCUT2D eigenvalue weighted by molar-refractivity contribution is -0.115. The Balaban J connectivity index is 1.70. The molecule has 2 N–H and O–H groups in total. The van der Waals surface area contributed by atoms with Crippen LogP contribution in [-0.4, -0.2) is 11.1 Å². The molecule has 0 saturated carbocycles. The maximum absolute atomic E-state index is 11.6. The van der Waals surface area contributed by atoms with Crippen LogP contribution in [-0.2, 0) is 11.4 Å². The first kappa shape index (κ1) is 15.8. The highest BCUT2D eigenvalue weighted by Gasteiger charge is 2.22. The van der Waals surface area contributed by atoms with E-state index in [1.54, 1.807) is 6.08 Å². The van der Waals surface area contributed by atoms with Crippen LogP contribution in [0.15, 0.2) is 57.9 Å². The zero-order chi connectivity index (χ0) is 16.2. The number of benzene rings is 2. The van der Waals surface area contributed by atoms with Gasteiger partial charge in [0.05, 0.1) is 4.91 Å². The lowest BCUT2D eigenvalue weighted by Crippen LogP contribution is -2.18. The average Bonchev–Trinajstić information content (AvgIpc) is 2.85. The molecule has 2 aromatic carbocycles. The molecule has 0 radical (unpaired) electrons. The van der Waals surface area contributed by atoms with Gasteiger partial charge in [-0.2, -0.15) is 0 Å². The lowest BCUT2D eigenvalue weighted by Gasteiger charge is -2.07. The van der Waals surface area contributed by atoms with Gasteiger partial charge in [-0.05, 0) is 53.2 Å². The van der Waals surface area contributed by atoms with Gasteiger partial charge in [0.1, 0.15) is 12.4 Å². The molecule has 3 rings (SSSR count). The van der Waals surface area contributed by atoms with Crippen molar-refractivity contribution in [3.05, 3.63) is 69.0 Å². The quantitative estimate of drug-likeness (QED) is 0.772. The van der Waals surface area contributed by atoms with E-state index in [1.165, 1.54) is 0 Å². The second kappa shape index (κ2) is 7.02. The maximum Gasteiger partial charge on any atom is 0.264 e. The molecule has 0 aromatic heterocycles. The number of rotatable bonds is 4. The highest BCUT2D eigenvalue weighted by molar-refractivity contribution is 9.10. The minimum absolute atomic E-state index is 0.156. The molecule has 1 amide bonds. The molecular formula is C17H13BrN2O2S. The molecule has 1 aliphatic heterocycles. The fraction of sp³-hybridized carbons (Fsp3) is 0.0588. The van der Waals surface area contributed by atoms with Crippen molar-refractivity contribution in [1.29, 1.82) is 5.41 Å². The van der Waals surface area contributed by atoms with Crippen LogP contribution in [0.25, 0.3) is 6.08 Å². The summed E-state index contributed by atoms with van der Waals surface area (Å²) in [5, 5.41) is 10.1. The molecule has 0 bridgehead atoms. The molecule has 0 unspecified atom stereocenters. The first-order valence-corrected chi connectivity index (χ1v) is 8.48. The van der Waals surface area contributed by atoms with Gasteiger partial charge in [0.2, 0.25) is 0 Å². The highest BCUT2D eigenvalue weighted by Crippen LogP contribution is 2.26. The van der Waals surface area contributed by atoms with E-state index in [9.17, 15) is 4.79 Å². The summed E-state index contributed by atoms with van der Waals surface area (Å²) in [6.45, 7) is 0.479. The van der Waals surface area contributed by atoms with Gasteiger partial charge in [0.25, 0.3) is 5.91 Å². The predicted molar refractivity (Wildman–Crippen MR) is 96.4 cm³/mol. The van der Waals surface area contributed by atoms with E-state index in [1.807, 2.05) is 48.5 Å². The van der Waals surface area contributed by atoms with Gasteiger partial charge in [-0.3, -0.25) is 10.2 Å². The van der Waals surface area contributed by atoms with E-state index in [-0.39, 0.29) is 11.1 Å². The second-order valence-electron chi connectivity index (χ2n) is 4.88. The van der Waals surface area contributed by atoms with E-state index in [0.29, 0.717) is 11.5 Å². The van der Waals surface area contributed by atoms with Gasteiger partial charge in [0, 0.05) is 4.47 Å². The molecule has 4 nitrogen and oxygen atoms in total. The smallest absolute Gasteiger partial charge is 0.264 e. The Bertz CT molecular complexity index is 787. The molecule has 23 heavy (non-hydrogen) atoms. The summed E-state index contributed by atoms with van der Waals surface area (Å²) in [7, 11) is 0. The third-order valence-corrected chi connectivity index (χ3v) is 4.50. The van der Waals surface area contributed by atoms with Gasteiger partial charge >= 0.3 is 0 Å². The zero-order valence-corrected chi connectivity index (χ0v) is 14.4. The molecule has 1 aliphatic rings. The molecule has 0 spiro atoms. The van der Waals surface area contributed by atoms with Crippen molar-refractivity contribution in [2.24, 2.45) is 0 Å². The minimum Gasteiger partial charge on any atom is -0.489 e. The SMILES string of the molecule is N=C1NC(=O)C(=Cc2cccc(OCc3ccc(Br)cc3)c2)S1. The van der Waals surface area contributed by atoms with Gasteiger partial charge in [0.15, 0.2) is 5.17 Å². The van der Waals surface area contributed by atoms with Crippen molar-refractivity contribution in [3.63, 3.8) is 0 Å². The Kier molecular flexibility index (Phi) is 4.83. The fourth-order valence-electron chi connectivity index (χ4n) is 2.03. The number of thioether (sulfide) groups is 1. The maximum atomic E-state index is 11.6. The molecule has 1 saturated heterocycles. The van der Waals surface area contributed by atoms with Crippen molar-refractivity contribution < 1.29 is 9.53 Å². The normalized spacial score (nSPS) is 15.8. The summed E-state index contributed by atoms with van der Waals surface area (Å²) < 4.78 is 6.83. The number of ether oxygens (including phenoxy) is 1. The summed E-state index contributed by atoms with van der Waals surface area (Å²) in [5.74, 6) is 0.502. The summed E-state index contributed by atoms with van der Waals surface area (Å²) in [5.41, 5.74) is 1.95. The summed E-state index contributed by atoms with van der Waals surface area (Å²) in [6.07, 6.45) is 1.76. The number of halogens is 1. The number of hydrogen-bond acceptors (Lipinski definition) is 4. The van der Waals surface area contributed by atoms with Crippen LogP contribution in [0.2, 0.25) is 0 Å². The van der Waals surface area contributed by atoms with Crippen molar-refractivity contribution in [2.45, 2.75) is 6.61 Å². The monoisotopic (exact) mass is 388 g/mol. The summed E-state index contributed by atoms with van der Waals surface area (Å²) in [4.78, 5) is 12.1.